The van der Waals surface area contributed by atoms with Crippen LogP contribution in [0.2, 0.25) is 0 Å². The summed E-state index contributed by atoms with van der Waals surface area (Å²) in [5, 5.41) is 0. The molecule has 0 spiro atoms. The van der Waals surface area contributed by atoms with Gasteiger partial charge in [0.15, 0.2) is 0 Å². The quantitative estimate of drug-likeness (QED) is 0.778. The maximum Gasteiger partial charge on any atom is 0.0300 e. The number of hydrogen-bond donors (Lipinski definition) is 1. The second kappa shape index (κ2) is 6.65. The summed E-state index contributed by atoms with van der Waals surface area (Å²) in [5.41, 5.74) is 9.93. The van der Waals surface area contributed by atoms with Gasteiger partial charge in [0.1, 0.15) is 0 Å². The fourth-order valence-electron chi connectivity index (χ4n) is 1.69. The average molecular weight is 226 g/mol. The number of hydrogen-bond acceptors (Lipinski definition) is 1. The molecule has 2 heteroatoms. The molecule has 0 fully saturated rings. The van der Waals surface area contributed by atoms with Crippen molar-refractivity contribution in [3.63, 3.8) is 0 Å². The minimum Gasteiger partial charge on any atom is -0.324 e. The number of rotatable bonds is 4. The highest BCUT2D eigenvalue weighted by atomic mass is 35.5. The lowest BCUT2D eigenvalue weighted by Crippen LogP contribution is -2.11. The van der Waals surface area contributed by atoms with Crippen molar-refractivity contribution >= 4 is 12.4 Å². The highest BCUT2D eigenvalue weighted by Gasteiger charge is 2.07. The molecule has 0 amide bonds. The van der Waals surface area contributed by atoms with Crippen molar-refractivity contribution in [1.82, 2.24) is 0 Å². The van der Waals surface area contributed by atoms with Crippen molar-refractivity contribution < 1.29 is 0 Å². The van der Waals surface area contributed by atoms with Gasteiger partial charge in [-0.25, -0.2) is 0 Å². The first-order chi connectivity index (χ1) is 6.65. The zero-order valence-electron chi connectivity index (χ0n) is 9.49. The Kier molecular flexibility index (Phi) is 6.30. The molecule has 0 unspecified atom stereocenters. The second-order valence-corrected chi connectivity index (χ2v) is 3.83. The zero-order valence-corrected chi connectivity index (χ0v) is 10.3. The third-order valence-corrected chi connectivity index (χ3v) is 2.51. The van der Waals surface area contributed by atoms with Gasteiger partial charge in [0.05, 0.1) is 0 Å². The van der Waals surface area contributed by atoms with Crippen molar-refractivity contribution in [3.8, 4) is 0 Å². The summed E-state index contributed by atoms with van der Waals surface area (Å²) >= 11 is 0. The van der Waals surface area contributed by atoms with Gasteiger partial charge in [-0.05, 0) is 37.8 Å². The van der Waals surface area contributed by atoms with Crippen LogP contribution in [-0.2, 0) is 0 Å². The van der Waals surface area contributed by atoms with Gasteiger partial charge in [0, 0.05) is 6.04 Å². The predicted molar refractivity (Wildman–Crippen MR) is 69.5 cm³/mol. The summed E-state index contributed by atoms with van der Waals surface area (Å²) in [4.78, 5) is 0. The van der Waals surface area contributed by atoms with Gasteiger partial charge in [0.25, 0.3) is 0 Å². The van der Waals surface area contributed by atoms with Gasteiger partial charge in [-0.3, -0.25) is 0 Å². The number of halogens is 1. The molecule has 0 heterocycles. The van der Waals surface area contributed by atoms with Crippen LogP contribution in [-0.4, -0.2) is 0 Å². The molecule has 0 aliphatic heterocycles. The first kappa shape index (κ1) is 14.2. The van der Waals surface area contributed by atoms with E-state index in [0.717, 1.165) is 12.8 Å². The van der Waals surface area contributed by atoms with Gasteiger partial charge >= 0.3 is 0 Å². The van der Waals surface area contributed by atoms with Crippen molar-refractivity contribution in [1.29, 1.82) is 0 Å². The van der Waals surface area contributed by atoms with E-state index in [2.05, 4.69) is 38.6 Å². The molecular weight excluding hydrogens is 206 g/mol. The molecule has 0 bridgehead atoms. The molecule has 1 aromatic carbocycles. The Morgan fingerprint density at radius 3 is 2.60 bits per heavy atom. The predicted octanol–water partition coefficient (Wildman–Crippen LogP) is 3.69. The molecule has 0 saturated heterocycles. The van der Waals surface area contributed by atoms with Crippen LogP contribution in [0.4, 0.5) is 0 Å². The average Bonchev–Trinajstić information content (AvgIpc) is 2.14. The number of allylic oxidation sites excluding steroid dienone is 1. The highest BCUT2D eigenvalue weighted by molar-refractivity contribution is 5.85. The normalized spacial score (nSPS) is 11.7. The summed E-state index contributed by atoms with van der Waals surface area (Å²) in [7, 11) is 0. The van der Waals surface area contributed by atoms with E-state index in [9.17, 15) is 0 Å². The standard InChI is InChI=1S/C13H19N.ClH/c1-4-5-6-13(14)12-8-7-10(2)9-11(12)3;/h4,7-9,13H,1,5-6,14H2,2-3H3;1H/t13-;/m0./s1. The van der Waals surface area contributed by atoms with Gasteiger partial charge in [0.2, 0.25) is 0 Å². The van der Waals surface area contributed by atoms with E-state index in [1.807, 2.05) is 6.08 Å². The van der Waals surface area contributed by atoms with Crippen LogP contribution >= 0.6 is 12.4 Å². The number of nitrogens with two attached hydrogens (primary N) is 1. The van der Waals surface area contributed by atoms with Crippen molar-refractivity contribution in [2.45, 2.75) is 32.7 Å². The monoisotopic (exact) mass is 225 g/mol. The van der Waals surface area contributed by atoms with Crippen LogP contribution in [0.5, 0.6) is 0 Å². The maximum absolute atomic E-state index is 6.08. The Balaban J connectivity index is 0.00000196. The molecule has 0 aliphatic rings. The molecule has 1 nitrogen and oxygen atoms in total. The molecule has 0 aliphatic carbocycles. The maximum atomic E-state index is 6.08. The van der Waals surface area contributed by atoms with E-state index in [1.165, 1.54) is 16.7 Å². The van der Waals surface area contributed by atoms with Crippen LogP contribution in [0.3, 0.4) is 0 Å². The topological polar surface area (TPSA) is 26.0 Å². The van der Waals surface area contributed by atoms with E-state index < -0.39 is 0 Å². The lowest BCUT2D eigenvalue weighted by atomic mass is 9.97. The summed E-state index contributed by atoms with van der Waals surface area (Å²) in [6, 6.07) is 6.59. The Morgan fingerprint density at radius 2 is 2.07 bits per heavy atom. The SMILES string of the molecule is C=CCC[C@H](N)c1ccc(C)cc1C.Cl. The van der Waals surface area contributed by atoms with Crippen molar-refractivity contribution in [2.75, 3.05) is 0 Å². The first-order valence-electron chi connectivity index (χ1n) is 5.08. The van der Waals surface area contributed by atoms with E-state index in [1.54, 1.807) is 0 Å². The Morgan fingerprint density at radius 1 is 1.40 bits per heavy atom. The van der Waals surface area contributed by atoms with Crippen molar-refractivity contribution in [2.24, 2.45) is 5.73 Å². The third kappa shape index (κ3) is 4.06. The van der Waals surface area contributed by atoms with E-state index in [-0.39, 0.29) is 18.4 Å². The summed E-state index contributed by atoms with van der Waals surface area (Å²) < 4.78 is 0. The second-order valence-electron chi connectivity index (χ2n) is 3.83. The molecule has 84 valence electrons. The molecule has 15 heavy (non-hydrogen) atoms. The highest BCUT2D eigenvalue weighted by Crippen LogP contribution is 2.20. The van der Waals surface area contributed by atoms with Crippen molar-refractivity contribution in [3.05, 3.63) is 47.5 Å². The van der Waals surface area contributed by atoms with E-state index >= 15 is 0 Å². The third-order valence-electron chi connectivity index (χ3n) is 2.51. The minimum absolute atomic E-state index is 0. The Labute approximate surface area is 98.8 Å². The molecule has 1 aromatic rings. The summed E-state index contributed by atoms with van der Waals surface area (Å²) in [5.74, 6) is 0. The van der Waals surface area contributed by atoms with Crippen LogP contribution in [0, 0.1) is 13.8 Å². The van der Waals surface area contributed by atoms with Crippen LogP contribution in [0.25, 0.3) is 0 Å². The summed E-state index contributed by atoms with van der Waals surface area (Å²) in [6.45, 7) is 7.93. The largest absolute Gasteiger partial charge is 0.324 e. The van der Waals surface area contributed by atoms with Crippen LogP contribution in [0.15, 0.2) is 30.9 Å². The molecule has 0 aromatic heterocycles. The summed E-state index contributed by atoms with van der Waals surface area (Å²) in [6.07, 6.45) is 3.88. The number of aryl methyl sites for hydroxylation is 2. The molecule has 0 radical (unpaired) electrons. The van der Waals surface area contributed by atoms with Gasteiger partial charge < -0.3 is 5.73 Å². The van der Waals surface area contributed by atoms with Gasteiger partial charge in [-0.2, -0.15) is 0 Å². The molecule has 1 rings (SSSR count). The molecule has 1 atom stereocenters. The van der Waals surface area contributed by atoms with E-state index in [4.69, 9.17) is 5.73 Å². The number of benzene rings is 1. The fourth-order valence-corrected chi connectivity index (χ4v) is 1.69. The van der Waals surface area contributed by atoms with Crippen LogP contribution in [0.1, 0.15) is 35.6 Å². The molecular formula is C13H20ClN. The van der Waals surface area contributed by atoms with Gasteiger partial charge in [-0.1, -0.05) is 29.8 Å². The Bertz CT molecular complexity index is 320. The fraction of sp³-hybridized carbons (Fsp3) is 0.385. The minimum atomic E-state index is 0. The lowest BCUT2D eigenvalue weighted by molar-refractivity contribution is 0.657. The van der Waals surface area contributed by atoms with E-state index in [0.29, 0.717) is 0 Å². The molecule has 2 N–H and O–H groups in total. The first-order valence-corrected chi connectivity index (χ1v) is 5.08. The molecule has 0 saturated carbocycles. The zero-order chi connectivity index (χ0) is 10.6. The Hall–Kier alpha value is -0.790. The smallest absolute Gasteiger partial charge is 0.0300 e. The lowest BCUT2D eigenvalue weighted by Gasteiger charge is -2.14. The van der Waals surface area contributed by atoms with Gasteiger partial charge in [-0.15, -0.1) is 19.0 Å². The van der Waals surface area contributed by atoms with Crippen LogP contribution < -0.4 is 5.73 Å².